The van der Waals surface area contributed by atoms with Crippen molar-refractivity contribution in [1.29, 1.82) is 0 Å². The van der Waals surface area contributed by atoms with Crippen LogP contribution in [-0.4, -0.2) is 34.9 Å². The average molecular weight is 260 g/mol. The van der Waals surface area contributed by atoms with Gasteiger partial charge >= 0.3 is 12.0 Å². The maximum atomic E-state index is 13.1. The zero-order valence-electron chi connectivity index (χ0n) is 8.98. The minimum atomic E-state index is -1.56. The summed E-state index contributed by atoms with van der Waals surface area (Å²) in [6, 6.07) is 0.278. The fourth-order valence-corrected chi connectivity index (χ4v) is 1.11. The number of aliphatic hydroxyl groups is 1. The van der Waals surface area contributed by atoms with Crippen LogP contribution < -0.4 is 10.6 Å². The van der Waals surface area contributed by atoms with Gasteiger partial charge in [-0.15, -0.1) is 0 Å². The lowest BCUT2D eigenvalue weighted by molar-refractivity contribution is -0.140. The molecular formula is C10H10F2N2O4. The number of anilines is 1. The summed E-state index contributed by atoms with van der Waals surface area (Å²) in [6.45, 7) is -0.845. The summed E-state index contributed by atoms with van der Waals surface area (Å²) in [4.78, 5) is 21.8. The molecule has 2 amide bonds. The number of carboxylic acid groups (broad SMARTS) is 1. The van der Waals surface area contributed by atoms with E-state index in [-0.39, 0.29) is 0 Å². The van der Waals surface area contributed by atoms with Gasteiger partial charge in [0.1, 0.15) is 17.3 Å². The molecule has 6 nitrogen and oxygen atoms in total. The van der Waals surface area contributed by atoms with Crippen LogP contribution in [0.15, 0.2) is 18.2 Å². The number of para-hydroxylation sites is 1. The van der Waals surface area contributed by atoms with Gasteiger partial charge in [0.2, 0.25) is 0 Å². The predicted molar refractivity (Wildman–Crippen MR) is 57.0 cm³/mol. The van der Waals surface area contributed by atoms with Crippen molar-refractivity contribution in [3.63, 3.8) is 0 Å². The molecule has 0 bridgehead atoms. The van der Waals surface area contributed by atoms with Crippen molar-refractivity contribution in [3.05, 3.63) is 29.8 Å². The molecule has 1 unspecified atom stereocenters. The van der Waals surface area contributed by atoms with Gasteiger partial charge in [-0.25, -0.2) is 18.4 Å². The number of carbonyl (C=O) groups is 2. The largest absolute Gasteiger partial charge is 0.480 e. The maximum Gasteiger partial charge on any atom is 0.328 e. The Balaban J connectivity index is 2.73. The molecule has 18 heavy (non-hydrogen) atoms. The number of aliphatic hydroxyl groups excluding tert-OH is 1. The fraction of sp³-hybridized carbons (Fsp3) is 0.200. The van der Waals surface area contributed by atoms with Gasteiger partial charge in [-0.1, -0.05) is 6.07 Å². The summed E-state index contributed by atoms with van der Waals surface area (Å²) in [5.41, 5.74) is -0.697. The number of carboxylic acids is 1. The minimum absolute atomic E-state index is 0.697. The zero-order valence-corrected chi connectivity index (χ0v) is 8.98. The van der Waals surface area contributed by atoms with Crippen LogP contribution in [0.25, 0.3) is 0 Å². The van der Waals surface area contributed by atoms with Crippen LogP contribution in [0.4, 0.5) is 19.3 Å². The summed E-state index contributed by atoms with van der Waals surface area (Å²) in [5, 5.41) is 20.9. The third-order valence-electron chi connectivity index (χ3n) is 1.99. The third-order valence-corrected chi connectivity index (χ3v) is 1.99. The third kappa shape index (κ3) is 3.39. The highest BCUT2D eigenvalue weighted by Crippen LogP contribution is 2.17. The Kier molecular flexibility index (Phi) is 4.55. The van der Waals surface area contributed by atoms with Gasteiger partial charge in [0.15, 0.2) is 6.04 Å². The molecule has 0 heterocycles. The van der Waals surface area contributed by atoms with Crippen molar-refractivity contribution in [2.45, 2.75) is 6.04 Å². The van der Waals surface area contributed by atoms with Crippen molar-refractivity contribution < 1.29 is 28.6 Å². The van der Waals surface area contributed by atoms with Gasteiger partial charge in [-0.05, 0) is 12.1 Å². The van der Waals surface area contributed by atoms with E-state index in [0.717, 1.165) is 18.2 Å². The second-order valence-corrected chi connectivity index (χ2v) is 3.27. The van der Waals surface area contributed by atoms with Crippen LogP contribution in [0.1, 0.15) is 0 Å². The monoisotopic (exact) mass is 260 g/mol. The number of benzene rings is 1. The average Bonchev–Trinajstić information content (AvgIpc) is 2.30. The number of urea groups is 1. The van der Waals surface area contributed by atoms with E-state index in [4.69, 9.17) is 10.2 Å². The van der Waals surface area contributed by atoms with Crippen molar-refractivity contribution in [2.24, 2.45) is 0 Å². The van der Waals surface area contributed by atoms with Crippen molar-refractivity contribution in [2.75, 3.05) is 11.9 Å². The molecule has 1 aromatic carbocycles. The molecule has 0 spiro atoms. The second kappa shape index (κ2) is 5.92. The van der Waals surface area contributed by atoms with Crippen molar-refractivity contribution in [1.82, 2.24) is 5.32 Å². The van der Waals surface area contributed by atoms with E-state index in [1.54, 1.807) is 0 Å². The van der Waals surface area contributed by atoms with Gasteiger partial charge in [0, 0.05) is 0 Å². The molecule has 98 valence electrons. The Morgan fingerprint density at radius 3 is 2.28 bits per heavy atom. The fourth-order valence-electron chi connectivity index (χ4n) is 1.11. The molecule has 4 N–H and O–H groups in total. The van der Waals surface area contributed by atoms with E-state index >= 15 is 0 Å². The standard InChI is InChI=1S/C10H10F2N2O4/c11-5-2-1-3-6(12)8(5)14-10(18)13-7(4-15)9(16)17/h1-3,7,15H,4H2,(H,16,17)(H2,13,14,18). The first-order valence-electron chi connectivity index (χ1n) is 4.81. The number of carbonyl (C=O) groups excluding carboxylic acids is 1. The summed E-state index contributed by atoms with van der Waals surface area (Å²) < 4.78 is 26.3. The summed E-state index contributed by atoms with van der Waals surface area (Å²) in [5.74, 6) is -3.47. The lowest BCUT2D eigenvalue weighted by Gasteiger charge is -2.13. The number of amides is 2. The second-order valence-electron chi connectivity index (χ2n) is 3.27. The predicted octanol–water partition coefficient (Wildman–Crippen LogP) is 0.532. The smallest absolute Gasteiger partial charge is 0.328 e. The number of aliphatic carboxylic acids is 1. The molecule has 0 saturated heterocycles. The Hall–Kier alpha value is -2.22. The molecular weight excluding hydrogens is 250 g/mol. The SMILES string of the molecule is O=C(Nc1c(F)cccc1F)NC(CO)C(=O)O. The van der Waals surface area contributed by atoms with Gasteiger partial charge in [0.05, 0.1) is 6.61 Å². The molecule has 1 atom stereocenters. The molecule has 0 aromatic heterocycles. The van der Waals surface area contributed by atoms with Crippen molar-refractivity contribution >= 4 is 17.7 Å². The van der Waals surface area contributed by atoms with Crippen LogP contribution in [0.3, 0.4) is 0 Å². The van der Waals surface area contributed by atoms with Crippen LogP contribution >= 0.6 is 0 Å². The molecule has 0 aliphatic rings. The van der Waals surface area contributed by atoms with E-state index in [1.807, 2.05) is 10.6 Å². The van der Waals surface area contributed by atoms with E-state index in [1.165, 1.54) is 0 Å². The van der Waals surface area contributed by atoms with Gasteiger partial charge in [0.25, 0.3) is 0 Å². The molecule has 0 radical (unpaired) electrons. The highest BCUT2D eigenvalue weighted by atomic mass is 19.1. The van der Waals surface area contributed by atoms with Crippen LogP contribution in [-0.2, 0) is 4.79 Å². The summed E-state index contributed by atoms with van der Waals surface area (Å²) in [7, 11) is 0. The first-order valence-corrected chi connectivity index (χ1v) is 4.81. The van der Waals surface area contributed by atoms with Crippen LogP contribution in [0.5, 0.6) is 0 Å². The van der Waals surface area contributed by atoms with Gasteiger partial charge in [-0.3, -0.25) is 0 Å². The van der Waals surface area contributed by atoms with Crippen LogP contribution in [0, 0.1) is 11.6 Å². The lowest BCUT2D eigenvalue weighted by Crippen LogP contribution is -2.45. The Bertz CT molecular complexity index is 447. The molecule has 0 aliphatic carbocycles. The quantitative estimate of drug-likeness (QED) is 0.634. The Morgan fingerprint density at radius 1 is 1.28 bits per heavy atom. The maximum absolute atomic E-state index is 13.1. The molecule has 0 fully saturated rings. The van der Waals surface area contributed by atoms with E-state index in [9.17, 15) is 18.4 Å². The summed E-state index contributed by atoms with van der Waals surface area (Å²) in [6.07, 6.45) is 0. The number of halogens is 2. The first kappa shape index (κ1) is 13.8. The van der Waals surface area contributed by atoms with Crippen LogP contribution in [0.2, 0.25) is 0 Å². The van der Waals surface area contributed by atoms with Gasteiger partial charge < -0.3 is 20.8 Å². The minimum Gasteiger partial charge on any atom is -0.480 e. The zero-order chi connectivity index (χ0) is 13.7. The highest BCUT2D eigenvalue weighted by Gasteiger charge is 2.20. The lowest BCUT2D eigenvalue weighted by atomic mass is 10.3. The molecule has 8 heteroatoms. The number of nitrogens with one attached hydrogen (secondary N) is 2. The topological polar surface area (TPSA) is 98.7 Å². The van der Waals surface area contributed by atoms with E-state index in [0.29, 0.717) is 0 Å². The van der Waals surface area contributed by atoms with E-state index in [2.05, 4.69) is 0 Å². The molecule has 0 saturated carbocycles. The highest BCUT2D eigenvalue weighted by molar-refractivity contribution is 5.92. The summed E-state index contributed by atoms with van der Waals surface area (Å²) >= 11 is 0. The van der Waals surface area contributed by atoms with Gasteiger partial charge in [-0.2, -0.15) is 0 Å². The Labute approximate surface area is 100 Å². The molecule has 1 aromatic rings. The normalized spacial score (nSPS) is 11.7. The number of hydrogen-bond donors (Lipinski definition) is 4. The number of rotatable bonds is 4. The molecule has 0 aliphatic heterocycles. The number of hydrogen-bond acceptors (Lipinski definition) is 3. The molecule has 1 rings (SSSR count). The van der Waals surface area contributed by atoms with E-state index < -0.39 is 42.0 Å². The first-order chi connectivity index (χ1) is 8.45. The van der Waals surface area contributed by atoms with Crippen molar-refractivity contribution in [3.8, 4) is 0 Å². The Morgan fingerprint density at radius 2 is 1.83 bits per heavy atom.